The zero-order chi connectivity index (χ0) is 14.5. The lowest BCUT2D eigenvalue weighted by Gasteiger charge is -2.04. The Bertz CT molecular complexity index is 758. The molecule has 0 radical (unpaired) electrons. The van der Waals surface area contributed by atoms with Crippen LogP contribution in [0.2, 0.25) is 0 Å². The van der Waals surface area contributed by atoms with E-state index in [1.807, 2.05) is 35.7 Å². The molecule has 0 aliphatic heterocycles. The molecule has 0 saturated heterocycles. The van der Waals surface area contributed by atoms with Gasteiger partial charge in [0.1, 0.15) is 0 Å². The van der Waals surface area contributed by atoms with Crippen molar-refractivity contribution in [2.75, 3.05) is 0 Å². The summed E-state index contributed by atoms with van der Waals surface area (Å²) in [4.78, 5) is 1.21. The molecular weight excluding hydrogens is 302 g/mol. The van der Waals surface area contributed by atoms with Crippen LogP contribution in [0.3, 0.4) is 0 Å². The van der Waals surface area contributed by atoms with Crippen LogP contribution in [0.1, 0.15) is 16.0 Å². The number of thiophene rings is 1. The van der Waals surface area contributed by atoms with E-state index >= 15 is 0 Å². The summed E-state index contributed by atoms with van der Waals surface area (Å²) < 4.78 is 1.78. The fourth-order valence-corrected chi connectivity index (χ4v) is 3.41. The number of benzene rings is 1. The van der Waals surface area contributed by atoms with Crippen LogP contribution >= 0.6 is 23.1 Å². The zero-order valence-corrected chi connectivity index (χ0v) is 12.6. The van der Waals surface area contributed by atoms with Crippen molar-refractivity contribution in [3.8, 4) is 6.07 Å². The van der Waals surface area contributed by atoms with Gasteiger partial charge in [-0.05, 0) is 33.5 Å². The van der Waals surface area contributed by atoms with Gasteiger partial charge in [-0.2, -0.15) is 5.26 Å². The molecule has 2 heterocycles. The second-order valence-corrected chi connectivity index (χ2v) is 6.23. The van der Waals surface area contributed by atoms with Gasteiger partial charge in [0.25, 0.3) is 0 Å². The Labute approximate surface area is 130 Å². The molecule has 0 saturated carbocycles. The summed E-state index contributed by atoms with van der Waals surface area (Å²) in [5.41, 5.74) is 1.69. The molecule has 3 rings (SSSR count). The van der Waals surface area contributed by atoms with Crippen LogP contribution < -0.4 is 0 Å². The maximum atomic E-state index is 9.10. The van der Waals surface area contributed by atoms with E-state index in [1.165, 1.54) is 16.6 Å². The molecule has 2 aromatic heterocycles. The summed E-state index contributed by atoms with van der Waals surface area (Å²) in [6.45, 7) is 0.674. The molecular formula is C14H11N5S2. The number of tetrazole rings is 1. The lowest BCUT2D eigenvalue weighted by atomic mass is 10.1. The summed E-state index contributed by atoms with van der Waals surface area (Å²) in [6.07, 6.45) is 0. The molecule has 7 heteroatoms. The Hall–Kier alpha value is -2.17. The van der Waals surface area contributed by atoms with Gasteiger partial charge in [0.05, 0.1) is 18.2 Å². The Morgan fingerprint density at radius 1 is 1.24 bits per heavy atom. The lowest BCUT2D eigenvalue weighted by molar-refractivity contribution is 0.608. The molecule has 3 aromatic rings. The first-order valence-electron chi connectivity index (χ1n) is 6.26. The quantitative estimate of drug-likeness (QED) is 0.677. The van der Waals surface area contributed by atoms with E-state index in [0.717, 1.165) is 10.7 Å². The monoisotopic (exact) mass is 313 g/mol. The predicted molar refractivity (Wildman–Crippen MR) is 82.0 cm³/mol. The topological polar surface area (TPSA) is 67.4 Å². The Balaban J connectivity index is 1.72. The van der Waals surface area contributed by atoms with Gasteiger partial charge >= 0.3 is 0 Å². The van der Waals surface area contributed by atoms with Crippen molar-refractivity contribution in [2.24, 2.45) is 0 Å². The first-order chi connectivity index (χ1) is 10.4. The van der Waals surface area contributed by atoms with Crippen LogP contribution in [0, 0.1) is 11.3 Å². The largest absolute Gasteiger partial charge is 0.215 e. The fraction of sp³-hybridized carbons (Fsp3) is 0.143. The van der Waals surface area contributed by atoms with E-state index in [0.29, 0.717) is 17.9 Å². The highest BCUT2D eigenvalue weighted by Crippen LogP contribution is 2.23. The molecule has 0 unspecified atom stereocenters. The minimum Gasteiger partial charge on any atom is -0.215 e. The van der Waals surface area contributed by atoms with Crippen LogP contribution in [0.5, 0.6) is 0 Å². The van der Waals surface area contributed by atoms with Gasteiger partial charge in [-0.1, -0.05) is 36.0 Å². The molecule has 5 nitrogen and oxygen atoms in total. The van der Waals surface area contributed by atoms with Crippen LogP contribution in [0.15, 0.2) is 46.9 Å². The summed E-state index contributed by atoms with van der Waals surface area (Å²) in [7, 11) is 0. The third kappa shape index (κ3) is 3.29. The normalized spacial score (nSPS) is 10.4. The predicted octanol–water partition coefficient (Wildman–Crippen LogP) is 2.95. The van der Waals surface area contributed by atoms with Crippen molar-refractivity contribution in [1.82, 2.24) is 20.2 Å². The number of aromatic nitrogens is 4. The second-order valence-electron chi connectivity index (χ2n) is 4.26. The molecule has 21 heavy (non-hydrogen) atoms. The molecule has 0 fully saturated rings. The van der Waals surface area contributed by atoms with E-state index in [-0.39, 0.29) is 0 Å². The zero-order valence-electron chi connectivity index (χ0n) is 11.0. The van der Waals surface area contributed by atoms with Crippen molar-refractivity contribution >= 4 is 23.1 Å². The summed E-state index contributed by atoms with van der Waals surface area (Å²) in [5, 5.41) is 23.7. The molecule has 1 aromatic carbocycles. The Morgan fingerprint density at radius 3 is 2.95 bits per heavy atom. The number of nitriles is 1. The number of thioether (sulfide) groups is 1. The average molecular weight is 313 g/mol. The van der Waals surface area contributed by atoms with E-state index < -0.39 is 0 Å². The van der Waals surface area contributed by atoms with Gasteiger partial charge in [0.2, 0.25) is 5.16 Å². The summed E-state index contributed by atoms with van der Waals surface area (Å²) in [5.74, 6) is 0.675. The molecule has 0 amide bonds. The van der Waals surface area contributed by atoms with Crippen LogP contribution in [0.4, 0.5) is 0 Å². The van der Waals surface area contributed by atoms with Crippen molar-refractivity contribution in [3.63, 3.8) is 0 Å². The molecule has 0 N–H and O–H groups in total. The highest BCUT2D eigenvalue weighted by Gasteiger charge is 2.09. The molecule has 0 aliphatic carbocycles. The summed E-state index contributed by atoms with van der Waals surface area (Å²) in [6, 6.07) is 13.9. The first kappa shape index (κ1) is 13.8. The fourth-order valence-electron chi connectivity index (χ4n) is 1.85. The van der Waals surface area contributed by atoms with E-state index in [1.54, 1.807) is 16.0 Å². The van der Waals surface area contributed by atoms with Crippen molar-refractivity contribution in [3.05, 3.63) is 57.8 Å². The molecule has 0 spiro atoms. The average Bonchev–Trinajstić information content (AvgIpc) is 3.18. The van der Waals surface area contributed by atoms with Gasteiger partial charge in [0, 0.05) is 10.6 Å². The van der Waals surface area contributed by atoms with Gasteiger partial charge in [0.15, 0.2) is 0 Å². The van der Waals surface area contributed by atoms with Crippen molar-refractivity contribution < 1.29 is 0 Å². The smallest absolute Gasteiger partial charge is 0.209 e. The number of hydrogen-bond acceptors (Lipinski definition) is 6. The third-order valence-electron chi connectivity index (χ3n) is 2.88. The van der Waals surface area contributed by atoms with Gasteiger partial charge < -0.3 is 0 Å². The van der Waals surface area contributed by atoms with Crippen molar-refractivity contribution in [2.45, 2.75) is 17.5 Å². The minimum absolute atomic E-state index is 0.674. The Kier molecular flexibility index (Phi) is 4.28. The first-order valence-corrected chi connectivity index (χ1v) is 8.12. The standard InChI is InChI=1S/C14H11N5S2/c15-8-11-4-1-2-5-12(11)10-21-14-16-17-18-19(14)9-13-6-3-7-20-13/h1-7H,9-10H2. The SMILES string of the molecule is N#Cc1ccccc1CSc1nnnn1Cc1cccs1. The van der Waals surface area contributed by atoms with Gasteiger partial charge in [-0.25, -0.2) is 4.68 Å². The number of hydrogen-bond donors (Lipinski definition) is 0. The van der Waals surface area contributed by atoms with E-state index in [9.17, 15) is 0 Å². The highest BCUT2D eigenvalue weighted by molar-refractivity contribution is 7.98. The Morgan fingerprint density at radius 2 is 2.14 bits per heavy atom. The maximum absolute atomic E-state index is 9.10. The minimum atomic E-state index is 0.674. The van der Waals surface area contributed by atoms with Gasteiger partial charge in [-0.3, -0.25) is 0 Å². The van der Waals surface area contributed by atoms with Crippen LogP contribution in [-0.4, -0.2) is 20.2 Å². The van der Waals surface area contributed by atoms with Crippen LogP contribution in [0.25, 0.3) is 0 Å². The summed E-state index contributed by atoms with van der Waals surface area (Å²) >= 11 is 3.22. The lowest BCUT2D eigenvalue weighted by Crippen LogP contribution is -2.02. The van der Waals surface area contributed by atoms with Gasteiger partial charge in [-0.15, -0.1) is 16.4 Å². The second kappa shape index (κ2) is 6.52. The van der Waals surface area contributed by atoms with Crippen molar-refractivity contribution in [1.29, 1.82) is 5.26 Å². The molecule has 0 bridgehead atoms. The van der Waals surface area contributed by atoms with E-state index in [4.69, 9.17) is 5.26 Å². The highest BCUT2D eigenvalue weighted by atomic mass is 32.2. The molecule has 104 valence electrons. The third-order valence-corrected chi connectivity index (χ3v) is 4.75. The maximum Gasteiger partial charge on any atom is 0.209 e. The van der Waals surface area contributed by atoms with E-state index in [2.05, 4.69) is 27.7 Å². The van der Waals surface area contributed by atoms with Crippen LogP contribution in [-0.2, 0) is 12.3 Å². The molecule has 0 atom stereocenters. The molecule has 0 aliphatic rings. The number of rotatable bonds is 5. The number of nitrogens with zero attached hydrogens (tertiary/aromatic N) is 5.